The Labute approximate surface area is 125 Å². The molecule has 0 radical (unpaired) electrons. The summed E-state index contributed by atoms with van der Waals surface area (Å²) in [6, 6.07) is 8.59. The molecule has 1 amide bonds. The number of para-hydroxylation sites is 2. The summed E-state index contributed by atoms with van der Waals surface area (Å²) in [7, 11) is 0. The van der Waals surface area contributed by atoms with Crippen molar-refractivity contribution in [2.45, 2.75) is 0 Å². The Bertz CT molecular complexity index is 748. The number of halogens is 1. The first-order valence-electron chi connectivity index (χ1n) is 6.11. The van der Waals surface area contributed by atoms with E-state index in [0.717, 1.165) is 5.69 Å². The standard InChI is InChI=1S/C14H10ClN3O3/c15-9-6-16-12(5-8(9)14(20)21)18-7-13(19)17-10-3-1-2-4-11(10)18/h1-6H,7H2,(H,17,19)(H,20,21). The Morgan fingerprint density at radius 1 is 1.38 bits per heavy atom. The Morgan fingerprint density at radius 3 is 2.90 bits per heavy atom. The normalized spacial score (nSPS) is 13.6. The van der Waals surface area contributed by atoms with Gasteiger partial charge < -0.3 is 15.3 Å². The number of anilines is 3. The number of aromatic nitrogens is 1. The number of benzene rings is 1. The molecule has 2 N–H and O–H groups in total. The van der Waals surface area contributed by atoms with Crippen LogP contribution in [0.1, 0.15) is 10.4 Å². The van der Waals surface area contributed by atoms with E-state index in [1.807, 2.05) is 12.1 Å². The molecule has 3 rings (SSSR count). The van der Waals surface area contributed by atoms with E-state index >= 15 is 0 Å². The first kappa shape index (κ1) is 13.4. The van der Waals surface area contributed by atoms with Crippen molar-refractivity contribution in [3.8, 4) is 0 Å². The first-order valence-corrected chi connectivity index (χ1v) is 6.49. The van der Waals surface area contributed by atoms with Crippen LogP contribution in [0.3, 0.4) is 0 Å². The van der Waals surface area contributed by atoms with Gasteiger partial charge in [0.15, 0.2) is 0 Å². The highest BCUT2D eigenvalue weighted by Crippen LogP contribution is 2.34. The number of rotatable bonds is 2. The number of nitrogens with one attached hydrogen (secondary N) is 1. The van der Waals surface area contributed by atoms with Crippen molar-refractivity contribution in [2.24, 2.45) is 0 Å². The van der Waals surface area contributed by atoms with E-state index < -0.39 is 5.97 Å². The van der Waals surface area contributed by atoms with Crippen molar-refractivity contribution in [1.29, 1.82) is 0 Å². The minimum atomic E-state index is -1.14. The molecule has 0 spiro atoms. The quantitative estimate of drug-likeness (QED) is 0.891. The van der Waals surface area contributed by atoms with E-state index in [2.05, 4.69) is 10.3 Å². The summed E-state index contributed by atoms with van der Waals surface area (Å²) in [5.74, 6) is -0.972. The molecule has 0 saturated heterocycles. The van der Waals surface area contributed by atoms with Crippen LogP contribution in [-0.4, -0.2) is 28.5 Å². The number of carbonyl (C=O) groups excluding carboxylic acids is 1. The maximum Gasteiger partial charge on any atom is 0.337 e. The van der Waals surface area contributed by atoms with Gasteiger partial charge >= 0.3 is 5.97 Å². The van der Waals surface area contributed by atoms with Gasteiger partial charge in [0.1, 0.15) is 12.4 Å². The SMILES string of the molecule is O=C1CN(c2cc(C(=O)O)c(Cl)cn2)c2ccccc2N1. The molecule has 106 valence electrons. The lowest BCUT2D eigenvalue weighted by molar-refractivity contribution is -0.115. The van der Waals surface area contributed by atoms with Crippen molar-refractivity contribution in [1.82, 2.24) is 4.98 Å². The maximum absolute atomic E-state index is 11.8. The van der Waals surface area contributed by atoms with E-state index in [4.69, 9.17) is 16.7 Å². The fraction of sp³-hybridized carbons (Fsp3) is 0.0714. The third kappa shape index (κ3) is 2.41. The Hall–Kier alpha value is -2.60. The molecule has 7 heteroatoms. The van der Waals surface area contributed by atoms with Crippen molar-refractivity contribution in [3.63, 3.8) is 0 Å². The van der Waals surface area contributed by atoms with Crippen LogP contribution in [0, 0.1) is 0 Å². The Morgan fingerprint density at radius 2 is 2.14 bits per heavy atom. The van der Waals surface area contributed by atoms with Crippen LogP contribution in [0.2, 0.25) is 5.02 Å². The summed E-state index contributed by atoms with van der Waals surface area (Å²) >= 11 is 5.82. The second-order valence-corrected chi connectivity index (χ2v) is 4.89. The lowest BCUT2D eigenvalue weighted by atomic mass is 10.1. The highest BCUT2D eigenvalue weighted by molar-refractivity contribution is 6.33. The monoisotopic (exact) mass is 303 g/mol. The van der Waals surface area contributed by atoms with Crippen LogP contribution in [0.5, 0.6) is 0 Å². The third-order valence-electron chi connectivity index (χ3n) is 3.12. The number of hydrogen-bond donors (Lipinski definition) is 2. The van der Waals surface area contributed by atoms with Gasteiger partial charge in [0.25, 0.3) is 0 Å². The number of fused-ring (bicyclic) bond motifs is 1. The molecule has 21 heavy (non-hydrogen) atoms. The molecule has 1 aromatic heterocycles. The van der Waals surface area contributed by atoms with Gasteiger partial charge in [0.05, 0.1) is 22.0 Å². The zero-order chi connectivity index (χ0) is 15.0. The van der Waals surface area contributed by atoms with Gasteiger partial charge in [0, 0.05) is 6.20 Å². The molecule has 2 heterocycles. The molecule has 2 aromatic rings. The van der Waals surface area contributed by atoms with Gasteiger partial charge in [-0.15, -0.1) is 0 Å². The number of carbonyl (C=O) groups is 2. The smallest absolute Gasteiger partial charge is 0.337 e. The van der Waals surface area contributed by atoms with Crippen LogP contribution in [0.4, 0.5) is 17.2 Å². The molecule has 0 atom stereocenters. The summed E-state index contributed by atoms with van der Waals surface area (Å²) in [5.41, 5.74) is 1.36. The maximum atomic E-state index is 11.8. The molecule has 1 aliphatic rings. The van der Waals surface area contributed by atoms with Gasteiger partial charge in [-0.1, -0.05) is 23.7 Å². The number of amides is 1. The fourth-order valence-corrected chi connectivity index (χ4v) is 2.36. The summed E-state index contributed by atoms with van der Waals surface area (Å²) in [4.78, 5) is 28.7. The average Bonchev–Trinajstić information content (AvgIpc) is 2.46. The number of hydrogen-bond acceptors (Lipinski definition) is 4. The van der Waals surface area contributed by atoms with Crippen molar-refractivity contribution >= 4 is 40.7 Å². The highest BCUT2D eigenvalue weighted by Gasteiger charge is 2.24. The molecule has 6 nitrogen and oxygen atoms in total. The Balaban J connectivity index is 2.11. The van der Waals surface area contributed by atoms with Crippen LogP contribution in [-0.2, 0) is 4.79 Å². The van der Waals surface area contributed by atoms with Crippen molar-refractivity contribution < 1.29 is 14.7 Å². The summed E-state index contributed by atoms with van der Waals surface area (Å²) in [5, 5.41) is 11.9. The molecule has 0 aliphatic carbocycles. The lowest BCUT2D eigenvalue weighted by Gasteiger charge is -2.30. The molecule has 0 bridgehead atoms. The van der Waals surface area contributed by atoms with Gasteiger partial charge in [-0.3, -0.25) is 4.79 Å². The van der Waals surface area contributed by atoms with Crippen LogP contribution in [0.15, 0.2) is 36.5 Å². The molecule has 1 aliphatic heterocycles. The minimum absolute atomic E-state index is 0.0508. The van der Waals surface area contributed by atoms with Crippen LogP contribution < -0.4 is 10.2 Å². The van der Waals surface area contributed by atoms with Gasteiger partial charge in [-0.05, 0) is 18.2 Å². The average molecular weight is 304 g/mol. The number of nitrogens with zero attached hydrogens (tertiary/aromatic N) is 2. The number of carboxylic acid groups (broad SMARTS) is 1. The highest BCUT2D eigenvalue weighted by atomic mass is 35.5. The number of pyridine rings is 1. The fourth-order valence-electron chi connectivity index (χ4n) is 2.18. The zero-order valence-electron chi connectivity index (χ0n) is 10.7. The predicted octanol–water partition coefficient (Wildman–Crippen LogP) is 2.52. The molecule has 1 aromatic carbocycles. The van der Waals surface area contributed by atoms with Gasteiger partial charge in [-0.2, -0.15) is 0 Å². The van der Waals surface area contributed by atoms with Crippen LogP contribution in [0.25, 0.3) is 0 Å². The summed E-state index contributed by atoms with van der Waals surface area (Å²) < 4.78 is 0. The number of aromatic carboxylic acids is 1. The number of carboxylic acids is 1. The first-order chi connectivity index (χ1) is 10.1. The third-order valence-corrected chi connectivity index (χ3v) is 3.42. The summed E-state index contributed by atoms with van der Waals surface area (Å²) in [6.07, 6.45) is 1.27. The Kier molecular flexibility index (Phi) is 3.23. The molecule has 0 fully saturated rings. The van der Waals surface area contributed by atoms with Crippen molar-refractivity contribution in [2.75, 3.05) is 16.8 Å². The van der Waals surface area contributed by atoms with Crippen molar-refractivity contribution in [3.05, 3.63) is 47.1 Å². The molecule has 0 saturated carbocycles. The molecular formula is C14H10ClN3O3. The van der Waals surface area contributed by atoms with E-state index in [-0.39, 0.29) is 23.0 Å². The molecular weight excluding hydrogens is 294 g/mol. The van der Waals surface area contributed by atoms with Crippen LogP contribution >= 0.6 is 11.6 Å². The largest absolute Gasteiger partial charge is 0.478 e. The molecule has 0 unspecified atom stereocenters. The lowest BCUT2D eigenvalue weighted by Crippen LogP contribution is -2.35. The van der Waals surface area contributed by atoms with E-state index in [0.29, 0.717) is 11.5 Å². The zero-order valence-corrected chi connectivity index (χ0v) is 11.5. The minimum Gasteiger partial charge on any atom is -0.478 e. The van der Waals surface area contributed by atoms with E-state index in [1.165, 1.54) is 12.3 Å². The second-order valence-electron chi connectivity index (χ2n) is 4.48. The summed E-state index contributed by atoms with van der Waals surface area (Å²) in [6.45, 7) is 0.0602. The second kappa shape index (κ2) is 5.06. The van der Waals surface area contributed by atoms with E-state index in [1.54, 1.807) is 17.0 Å². The van der Waals surface area contributed by atoms with Gasteiger partial charge in [-0.25, -0.2) is 9.78 Å². The topological polar surface area (TPSA) is 82.5 Å². The predicted molar refractivity (Wildman–Crippen MR) is 78.3 cm³/mol. The van der Waals surface area contributed by atoms with E-state index in [9.17, 15) is 9.59 Å². The van der Waals surface area contributed by atoms with Gasteiger partial charge in [0.2, 0.25) is 5.91 Å².